The minimum absolute atomic E-state index is 0. The summed E-state index contributed by atoms with van der Waals surface area (Å²) in [6.45, 7) is 2.18. The minimum atomic E-state index is -5.35. The quantitative estimate of drug-likeness (QED) is 0.380. The van der Waals surface area contributed by atoms with E-state index in [2.05, 4.69) is 9.47 Å². The van der Waals surface area contributed by atoms with Crippen molar-refractivity contribution in [2.24, 2.45) is 0 Å². The third-order valence-corrected chi connectivity index (χ3v) is 0.733. The van der Waals surface area contributed by atoms with E-state index in [0.29, 0.717) is 6.61 Å². The van der Waals surface area contributed by atoms with Crippen molar-refractivity contribution in [1.29, 1.82) is 0 Å². The Balaban J connectivity index is 0. The monoisotopic (exact) mass is 309 g/mol. The van der Waals surface area contributed by atoms with Crippen LogP contribution in [0.5, 0.6) is 0 Å². The second-order valence-corrected chi connectivity index (χ2v) is 4.93. The Hall–Kier alpha value is -0.302. The molecule has 1 unspecified atom stereocenters. The van der Waals surface area contributed by atoms with Gasteiger partial charge in [0.25, 0.3) is 0 Å². The van der Waals surface area contributed by atoms with Crippen LogP contribution in [0.3, 0.4) is 0 Å². The molecule has 0 aromatic carbocycles. The zero-order valence-corrected chi connectivity index (χ0v) is 9.14. The molecule has 1 saturated heterocycles. The standard InChI is InChI=1S/C4H6O3.F.3H2O.O.Sb/c1-3-2-6-4(5)7-3;;;;;;/h3H,2H2,1H3;;3*1H2;;/q;;;;;;+3/p-3. The van der Waals surface area contributed by atoms with E-state index in [0.717, 1.165) is 0 Å². The summed E-state index contributed by atoms with van der Waals surface area (Å²) in [5.41, 5.74) is 0. The van der Waals surface area contributed by atoms with E-state index in [9.17, 15) is 4.79 Å². The van der Waals surface area contributed by atoms with Gasteiger partial charge < -0.3 is 9.47 Å². The molecule has 13 heavy (non-hydrogen) atoms. The Morgan fingerprint density at radius 2 is 1.85 bits per heavy atom. The first-order chi connectivity index (χ1) is 5.29. The molecule has 1 fully saturated rings. The molecule has 1 rings (SSSR count). The molecule has 9 heteroatoms. The average molecular weight is 310 g/mol. The van der Waals surface area contributed by atoms with E-state index in [4.69, 9.17) is 13.2 Å². The molecule has 1 radical (unpaired) electrons. The van der Waals surface area contributed by atoms with Crippen LogP contribution >= 0.6 is 0 Å². The van der Waals surface area contributed by atoms with Gasteiger partial charge >= 0.3 is 39.4 Å². The fourth-order valence-corrected chi connectivity index (χ4v) is 0.418. The number of cyclic esters (lactones) is 2. The van der Waals surface area contributed by atoms with Gasteiger partial charge in [-0.2, -0.15) is 0 Å². The summed E-state index contributed by atoms with van der Waals surface area (Å²) in [6, 6.07) is 0. The van der Waals surface area contributed by atoms with Gasteiger partial charge in [-0.15, -0.1) is 0 Å². The molecule has 0 aliphatic carbocycles. The third-order valence-electron chi connectivity index (χ3n) is 0.733. The Morgan fingerprint density at radius 3 is 1.92 bits per heavy atom. The zero-order chi connectivity index (χ0) is 9.78. The van der Waals surface area contributed by atoms with E-state index >= 15 is 0 Å². The molecule has 1 heterocycles. The summed E-state index contributed by atoms with van der Waals surface area (Å²) in [5.74, 6) is 0. The molecule has 79 valence electrons. The van der Waals surface area contributed by atoms with Gasteiger partial charge in [0.15, 0.2) is 0 Å². The topological polar surface area (TPSA) is 113 Å². The molecule has 1 aliphatic heterocycles. The van der Waals surface area contributed by atoms with Crippen LogP contribution in [0.1, 0.15) is 6.92 Å². The first-order valence-corrected chi connectivity index (χ1v) is 7.37. The van der Waals surface area contributed by atoms with E-state index in [-0.39, 0.29) is 10.8 Å². The summed E-state index contributed by atoms with van der Waals surface area (Å²) in [7, 11) is 0. The van der Waals surface area contributed by atoms with Gasteiger partial charge in [0.05, 0.1) is 0 Å². The van der Waals surface area contributed by atoms with Crippen molar-refractivity contribution in [2.75, 3.05) is 6.61 Å². The van der Waals surface area contributed by atoms with Crippen LogP contribution in [0, 0.1) is 0 Å². The number of halogens is 1. The van der Waals surface area contributed by atoms with Crippen LogP contribution in [0.25, 0.3) is 0 Å². The SMILES string of the molecule is CC1COC(=O)O1.[F].[O]=[Sb]([OH])([OH])[OH]. The predicted molar refractivity (Wildman–Crippen MR) is 36.1 cm³/mol. The van der Waals surface area contributed by atoms with Gasteiger partial charge in [-0.3, -0.25) is 0 Å². The summed E-state index contributed by atoms with van der Waals surface area (Å²) >= 11 is -5.35. The van der Waals surface area contributed by atoms with Gasteiger partial charge in [0.1, 0.15) is 12.7 Å². The van der Waals surface area contributed by atoms with Crippen molar-refractivity contribution in [3.8, 4) is 0 Å². The number of ether oxygens (including phenoxy) is 2. The second kappa shape index (κ2) is 6.20. The van der Waals surface area contributed by atoms with Crippen molar-refractivity contribution in [2.45, 2.75) is 13.0 Å². The Labute approximate surface area is 78.3 Å². The maximum atomic E-state index is 10.0. The first-order valence-electron chi connectivity index (χ1n) is 2.90. The molecule has 0 aromatic rings. The average Bonchev–Trinajstić information content (AvgIpc) is 2.09. The number of carbonyl (C=O) groups excluding carboxylic acids is 1. The molecular weight excluding hydrogens is 301 g/mol. The van der Waals surface area contributed by atoms with Crippen LogP contribution in [-0.2, 0) is 12.5 Å². The summed E-state index contributed by atoms with van der Waals surface area (Å²) in [4.78, 5) is 10.0. The number of hydrogen-bond acceptors (Lipinski definition) is 4. The summed E-state index contributed by atoms with van der Waals surface area (Å²) in [6.07, 6.45) is -0.597. The van der Waals surface area contributed by atoms with Crippen molar-refractivity contribution < 1.29 is 32.1 Å². The van der Waals surface area contributed by atoms with Crippen LogP contribution in [-0.4, -0.2) is 49.1 Å². The van der Waals surface area contributed by atoms with Crippen molar-refractivity contribution in [1.82, 2.24) is 0 Å². The molecule has 7 nitrogen and oxygen atoms in total. The van der Waals surface area contributed by atoms with Crippen molar-refractivity contribution >= 4 is 26.2 Å². The summed E-state index contributed by atoms with van der Waals surface area (Å²) in [5, 5.41) is 0. The maximum absolute atomic E-state index is 10.0. The molecule has 1 aliphatic rings. The van der Waals surface area contributed by atoms with Crippen LogP contribution in [0.15, 0.2) is 0 Å². The van der Waals surface area contributed by atoms with E-state index in [1.165, 1.54) is 0 Å². The fraction of sp³-hybridized carbons (Fsp3) is 0.750. The van der Waals surface area contributed by atoms with Gasteiger partial charge in [-0.05, 0) is 6.92 Å². The molecule has 0 spiro atoms. The third kappa shape index (κ3) is 14.5. The van der Waals surface area contributed by atoms with Crippen molar-refractivity contribution in [3.63, 3.8) is 0 Å². The molecular formula is C4H9FO7Sb. The summed E-state index contributed by atoms with van der Waals surface area (Å²) < 4.78 is 39.7. The first kappa shape index (κ1) is 15.2. The number of carbonyl (C=O) groups is 1. The van der Waals surface area contributed by atoms with Crippen LogP contribution in [0.4, 0.5) is 9.50 Å². The van der Waals surface area contributed by atoms with Gasteiger partial charge in [-0.25, -0.2) is 4.79 Å². The molecule has 0 aromatic heterocycles. The molecule has 3 N–H and O–H groups in total. The van der Waals surface area contributed by atoms with E-state index in [1.807, 2.05) is 0 Å². The van der Waals surface area contributed by atoms with E-state index < -0.39 is 26.2 Å². The number of hydrogen-bond donors (Lipinski definition) is 3. The van der Waals surface area contributed by atoms with Gasteiger partial charge in [-0.1, -0.05) is 0 Å². The zero-order valence-electron chi connectivity index (χ0n) is 6.58. The van der Waals surface area contributed by atoms with E-state index in [1.54, 1.807) is 6.92 Å². The Morgan fingerprint density at radius 1 is 1.46 bits per heavy atom. The molecule has 0 bridgehead atoms. The van der Waals surface area contributed by atoms with Gasteiger partial charge in [0.2, 0.25) is 0 Å². The molecule has 0 saturated carbocycles. The van der Waals surface area contributed by atoms with Crippen LogP contribution < -0.4 is 0 Å². The van der Waals surface area contributed by atoms with Crippen molar-refractivity contribution in [3.05, 3.63) is 0 Å². The Kier molecular flexibility index (Phi) is 7.24. The normalized spacial score (nSPS) is 20.3. The second-order valence-electron chi connectivity index (χ2n) is 2.00. The fourth-order valence-electron chi connectivity index (χ4n) is 0.418. The van der Waals surface area contributed by atoms with Gasteiger partial charge in [0, 0.05) is 4.70 Å². The number of rotatable bonds is 0. The Bertz CT molecular complexity index is 192. The van der Waals surface area contributed by atoms with Crippen LogP contribution in [0.2, 0.25) is 0 Å². The predicted octanol–water partition coefficient (Wildman–Crippen LogP) is -1.21. The molecule has 0 amide bonds. The molecule has 1 atom stereocenters.